The van der Waals surface area contributed by atoms with Crippen LogP contribution in [0.15, 0.2) is 30.7 Å². The molecule has 0 bridgehead atoms. The molecule has 0 aliphatic carbocycles. The van der Waals surface area contributed by atoms with Gasteiger partial charge < -0.3 is 14.6 Å². The molecule has 0 spiro atoms. The van der Waals surface area contributed by atoms with Crippen LogP contribution in [0.1, 0.15) is 30.5 Å². The maximum atomic E-state index is 10.6. The summed E-state index contributed by atoms with van der Waals surface area (Å²) in [6.07, 6.45) is 6.73. The van der Waals surface area contributed by atoms with Gasteiger partial charge in [0, 0.05) is 38.4 Å². The Balaban J connectivity index is 1.73. The summed E-state index contributed by atoms with van der Waals surface area (Å²) in [7, 11) is 1.90. The van der Waals surface area contributed by atoms with Gasteiger partial charge in [-0.25, -0.2) is 9.97 Å². The average Bonchev–Trinajstić information content (AvgIpc) is 3.00. The quantitative estimate of drug-likeness (QED) is 0.931. The number of piperidine rings is 1. The van der Waals surface area contributed by atoms with Crippen LogP contribution in [-0.2, 0) is 7.05 Å². The first-order valence-corrected chi connectivity index (χ1v) is 7.45. The van der Waals surface area contributed by atoms with Crippen molar-refractivity contribution in [3.05, 3.63) is 42.2 Å². The number of aryl methyl sites for hydroxylation is 1. The molecule has 1 saturated heterocycles. The Morgan fingerprint density at radius 2 is 2.27 bits per heavy atom. The highest BCUT2D eigenvalue weighted by Crippen LogP contribution is 2.30. The Bertz CT molecular complexity index is 673. The predicted octanol–water partition coefficient (Wildman–Crippen LogP) is 1.64. The lowest BCUT2D eigenvalue weighted by Gasteiger charge is -2.36. The second-order valence-electron chi connectivity index (χ2n) is 5.70. The lowest BCUT2D eigenvalue weighted by Crippen LogP contribution is -2.38. The van der Waals surface area contributed by atoms with Crippen molar-refractivity contribution in [2.45, 2.75) is 18.9 Å². The number of pyridine rings is 1. The van der Waals surface area contributed by atoms with Crippen LogP contribution in [0.5, 0.6) is 0 Å². The van der Waals surface area contributed by atoms with Crippen LogP contribution in [-0.4, -0.2) is 32.7 Å². The largest absolute Gasteiger partial charge is 0.385 e. The van der Waals surface area contributed by atoms with Crippen molar-refractivity contribution in [1.82, 2.24) is 14.5 Å². The third-order valence-electron chi connectivity index (χ3n) is 4.25. The molecule has 0 radical (unpaired) electrons. The van der Waals surface area contributed by atoms with E-state index in [9.17, 15) is 5.11 Å². The molecule has 2 atom stereocenters. The summed E-state index contributed by atoms with van der Waals surface area (Å²) in [6.45, 7) is 1.71. The fraction of sp³-hybridized carbons (Fsp3) is 0.438. The van der Waals surface area contributed by atoms with Crippen molar-refractivity contribution in [3.63, 3.8) is 0 Å². The Morgan fingerprint density at radius 1 is 1.41 bits per heavy atom. The van der Waals surface area contributed by atoms with E-state index < -0.39 is 6.10 Å². The van der Waals surface area contributed by atoms with Crippen LogP contribution < -0.4 is 4.90 Å². The van der Waals surface area contributed by atoms with E-state index in [0.717, 1.165) is 31.6 Å². The number of nitriles is 1. The van der Waals surface area contributed by atoms with E-state index in [1.165, 1.54) is 0 Å². The van der Waals surface area contributed by atoms with Gasteiger partial charge in [0.25, 0.3) is 0 Å². The molecule has 6 nitrogen and oxygen atoms in total. The molecule has 6 heteroatoms. The Morgan fingerprint density at radius 3 is 2.91 bits per heavy atom. The minimum Gasteiger partial charge on any atom is -0.385 e. The van der Waals surface area contributed by atoms with Crippen molar-refractivity contribution in [1.29, 1.82) is 5.26 Å². The smallest absolute Gasteiger partial charge is 0.140 e. The number of anilines is 1. The van der Waals surface area contributed by atoms with Gasteiger partial charge in [0.05, 0.1) is 11.9 Å². The van der Waals surface area contributed by atoms with Crippen LogP contribution in [0.4, 0.5) is 5.69 Å². The average molecular weight is 297 g/mol. The standard InChI is InChI=1S/C16H19N5O/c1-20-8-6-18-16(20)15(22)12-3-2-7-21(11-12)14-5-4-13(9-17)19-10-14/h4-6,8,10,12,15,22H,2-3,7,11H2,1H3. The number of aliphatic hydroxyl groups excluding tert-OH is 1. The van der Waals surface area contributed by atoms with E-state index in [0.29, 0.717) is 11.5 Å². The summed E-state index contributed by atoms with van der Waals surface area (Å²) in [5, 5.41) is 19.4. The monoisotopic (exact) mass is 297 g/mol. The zero-order valence-electron chi connectivity index (χ0n) is 12.6. The first kappa shape index (κ1) is 14.5. The first-order valence-electron chi connectivity index (χ1n) is 7.45. The van der Waals surface area contributed by atoms with Gasteiger partial charge in [0.15, 0.2) is 0 Å². The molecule has 2 unspecified atom stereocenters. The van der Waals surface area contributed by atoms with E-state index in [4.69, 9.17) is 5.26 Å². The van der Waals surface area contributed by atoms with E-state index in [1.54, 1.807) is 18.5 Å². The number of aliphatic hydroxyl groups is 1. The van der Waals surface area contributed by atoms with Crippen LogP contribution in [0.25, 0.3) is 0 Å². The van der Waals surface area contributed by atoms with E-state index >= 15 is 0 Å². The molecule has 114 valence electrons. The van der Waals surface area contributed by atoms with E-state index in [1.807, 2.05) is 29.9 Å². The lowest BCUT2D eigenvalue weighted by atomic mass is 9.91. The summed E-state index contributed by atoms with van der Waals surface area (Å²) < 4.78 is 1.87. The Kier molecular flexibility index (Phi) is 4.07. The third-order valence-corrected chi connectivity index (χ3v) is 4.25. The molecular formula is C16H19N5O. The molecule has 2 aromatic heterocycles. The number of aromatic nitrogens is 3. The topological polar surface area (TPSA) is 78.0 Å². The van der Waals surface area contributed by atoms with Crippen LogP contribution in [0.3, 0.4) is 0 Å². The molecule has 0 aromatic carbocycles. The number of nitrogens with zero attached hydrogens (tertiary/aromatic N) is 5. The van der Waals surface area contributed by atoms with Crippen molar-refractivity contribution >= 4 is 5.69 Å². The minimum absolute atomic E-state index is 0.144. The number of hydrogen-bond acceptors (Lipinski definition) is 5. The highest BCUT2D eigenvalue weighted by atomic mass is 16.3. The van der Waals surface area contributed by atoms with Gasteiger partial charge in [-0.15, -0.1) is 0 Å². The highest BCUT2D eigenvalue weighted by Gasteiger charge is 2.29. The molecule has 0 amide bonds. The SMILES string of the molecule is Cn1ccnc1C(O)C1CCCN(c2ccc(C#N)nc2)C1. The zero-order valence-corrected chi connectivity index (χ0v) is 12.6. The van der Waals surface area contributed by atoms with Crippen molar-refractivity contribution in [3.8, 4) is 6.07 Å². The molecule has 1 aliphatic heterocycles. The van der Waals surface area contributed by atoms with E-state index in [-0.39, 0.29) is 5.92 Å². The third kappa shape index (κ3) is 2.81. The van der Waals surface area contributed by atoms with Crippen molar-refractivity contribution in [2.24, 2.45) is 13.0 Å². The molecule has 3 rings (SSSR count). The molecule has 22 heavy (non-hydrogen) atoms. The number of imidazole rings is 1. The second kappa shape index (κ2) is 6.16. The van der Waals surface area contributed by atoms with Gasteiger partial charge in [0.1, 0.15) is 23.7 Å². The summed E-state index contributed by atoms with van der Waals surface area (Å²) in [6, 6.07) is 5.68. The van der Waals surface area contributed by atoms with Crippen molar-refractivity contribution in [2.75, 3.05) is 18.0 Å². The molecule has 0 saturated carbocycles. The fourth-order valence-electron chi connectivity index (χ4n) is 3.01. The Hall–Kier alpha value is -2.39. The van der Waals surface area contributed by atoms with Crippen LogP contribution in [0.2, 0.25) is 0 Å². The summed E-state index contributed by atoms with van der Waals surface area (Å²) in [4.78, 5) is 10.6. The van der Waals surface area contributed by atoms with Gasteiger partial charge in [-0.1, -0.05) is 0 Å². The molecule has 1 aliphatic rings. The fourth-order valence-corrected chi connectivity index (χ4v) is 3.01. The Labute approximate surface area is 129 Å². The van der Waals surface area contributed by atoms with Crippen molar-refractivity contribution < 1.29 is 5.11 Å². The van der Waals surface area contributed by atoms with Gasteiger partial charge in [-0.3, -0.25) is 0 Å². The lowest BCUT2D eigenvalue weighted by molar-refractivity contribution is 0.0875. The molecule has 1 N–H and O–H groups in total. The zero-order chi connectivity index (χ0) is 15.5. The maximum absolute atomic E-state index is 10.6. The summed E-state index contributed by atoms with van der Waals surface area (Å²) >= 11 is 0. The predicted molar refractivity (Wildman–Crippen MR) is 82.1 cm³/mol. The molecule has 1 fully saturated rings. The number of rotatable bonds is 3. The maximum Gasteiger partial charge on any atom is 0.140 e. The van der Waals surface area contributed by atoms with Gasteiger partial charge >= 0.3 is 0 Å². The molecule has 2 aromatic rings. The highest BCUT2D eigenvalue weighted by molar-refractivity contribution is 5.46. The van der Waals surface area contributed by atoms with Gasteiger partial charge in [-0.05, 0) is 25.0 Å². The normalized spacial score (nSPS) is 19.7. The van der Waals surface area contributed by atoms with Crippen LogP contribution >= 0.6 is 0 Å². The molecule has 3 heterocycles. The number of hydrogen-bond donors (Lipinski definition) is 1. The second-order valence-corrected chi connectivity index (χ2v) is 5.70. The first-order chi connectivity index (χ1) is 10.7. The van der Waals surface area contributed by atoms with Gasteiger partial charge in [-0.2, -0.15) is 5.26 Å². The summed E-state index contributed by atoms with van der Waals surface area (Å²) in [5.41, 5.74) is 1.42. The molecular weight excluding hydrogens is 278 g/mol. The van der Waals surface area contributed by atoms with Crippen LogP contribution in [0, 0.1) is 17.2 Å². The van der Waals surface area contributed by atoms with E-state index in [2.05, 4.69) is 14.9 Å². The minimum atomic E-state index is -0.561. The van der Waals surface area contributed by atoms with Gasteiger partial charge in [0.2, 0.25) is 0 Å². The summed E-state index contributed by atoms with van der Waals surface area (Å²) in [5.74, 6) is 0.857.